The highest BCUT2D eigenvalue weighted by Crippen LogP contribution is 2.32. The van der Waals surface area contributed by atoms with E-state index in [0.29, 0.717) is 23.5 Å². The molecule has 0 aromatic heterocycles. The minimum absolute atomic E-state index is 0.161. The third kappa shape index (κ3) is 4.09. The molecule has 0 aliphatic carbocycles. The number of aliphatic hydroxyl groups excluding tert-OH is 1. The molecule has 1 amide bonds. The van der Waals surface area contributed by atoms with Crippen LogP contribution in [0.25, 0.3) is 0 Å². The first-order valence-electron chi connectivity index (χ1n) is 8.06. The summed E-state index contributed by atoms with van der Waals surface area (Å²) < 4.78 is 24.1. The highest BCUT2D eigenvalue weighted by molar-refractivity contribution is 5.78. The van der Waals surface area contributed by atoms with Crippen molar-refractivity contribution in [2.75, 3.05) is 20.3 Å². The third-order valence-electron chi connectivity index (χ3n) is 4.24. The van der Waals surface area contributed by atoms with E-state index in [1.165, 1.54) is 12.1 Å². The highest BCUT2D eigenvalue weighted by atomic mass is 19.1. The second-order valence-corrected chi connectivity index (χ2v) is 5.97. The Labute approximate surface area is 145 Å². The zero-order valence-corrected chi connectivity index (χ0v) is 13.9. The number of ether oxygens (including phenoxy) is 2. The lowest BCUT2D eigenvalue weighted by molar-refractivity contribution is -0.134. The van der Waals surface area contributed by atoms with E-state index in [-0.39, 0.29) is 30.9 Å². The predicted octanol–water partition coefficient (Wildman–Crippen LogP) is 2.55. The van der Waals surface area contributed by atoms with Gasteiger partial charge in [0.2, 0.25) is 0 Å². The van der Waals surface area contributed by atoms with Crippen LogP contribution >= 0.6 is 0 Å². The molecule has 1 aliphatic rings. The largest absolute Gasteiger partial charge is 0.497 e. The molecular formula is C19H20FNO4. The number of aliphatic hydroxyl groups is 1. The SMILES string of the molecule is COc1cccc(OCC(=O)N2C[C@@H](O)C[C@H]2c2cccc(F)c2)c1. The molecule has 2 atom stereocenters. The summed E-state index contributed by atoms with van der Waals surface area (Å²) in [6.07, 6.45) is -0.247. The molecule has 2 aromatic rings. The molecule has 1 fully saturated rings. The Morgan fingerprint density at radius 1 is 1.24 bits per heavy atom. The summed E-state index contributed by atoms with van der Waals surface area (Å²) in [5, 5.41) is 9.96. The molecule has 1 heterocycles. The molecular weight excluding hydrogens is 325 g/mol. The molecule has 0 spiro atoms. The summed E-state index contributed by atoms with van der Waals surface area (Å²) >= 11 is 0. The van der Waals surface area contributed by atoms with Crippen molar-refractivity contribution in [1.29, 1.82) is 0 Å². The number of halogens is 1. The number of nitrogens with zero attached hydrogens (tertiary/aromatic N) is 1. The van der Waals surface area contributed by atoms with Crippen molar-refractivity contribution >= 4 is 5.91 Å². The number of amides is 1. The summed E-state index contributed by atoms with van der Waals surface area (Å²) in [6.45, 7) is 0.0488. The van der Waals surface area contributed by atoms with E-state index < -0.39 is 6.10 Å². The van der Waals surface area contributed by atoms with Crippen LogP contribution in [0.5, 0.6) is 11.5 Å². The van der Waals surface area contributed by atoms with Gasteiger partial charge in [-0.15, -0.1) is 0 Å². The zero-order chi connectivity index (χ0) is 17.8. The summed E-state index contributed by atoms with van der Waals surface area (Å²) in [6, 6.07) is 12.7. The number of carbonyl (C=O) groups is 1. The van der Waals surface area contributed by atoms with Crippen LogP contribution in [-0.2, 0) is 4.79 Å². The standard InChI is InChI=1S/C19H20FNO4/c1-24-16-6-3-7-17(10-16)25-12-19(23)21-11-15(22)9-18(21)13-4-2-5-14(20)8-13/h2-8,10,15,18,22H,9,11-12H2,1H3/t15-,18-/m0/s1. The van der Waals surface area contributed by atoms with Gasteiger partial charge < -0.3 is 19.5 Å². The Balaban J connectivity index is 1.69. The van der Waals surface area contributed by atoms with Crippen LogP contribution in [0.4, 0.5) is 4.39 Å². The highest BCUT2D eigenvalue weighted by Gasteiger charge is 2.35. The second-order valence-electron chi connectivity index (χ2n) is 5.97. The molecule has 1 N–H and O–H groups in total. The molecule has 5 nitrogen and oxygen atoms in total. The lowest BCUT2D eigenvalue weighted by Gasteiger charge is -2.25. The van der Waals surface area contributed by atoms with Crippen LogP contribution in [0.1, 0.15) is 18.0 Å². The maximum atomic E-state index is 13.5. The number of likely N-dealkylation sites (tertiary alicyclic amines) is 1. The maximum Gasteiger partial charge on any atom is 0.261 e. The average molecular weight is 345 g/mol. The lowest BCUT2D eigenvalue weighted by atomic mass is 10.0. The second kappa shape index (κ2) is 7.53. The first kappa shape index (κ1) is 17.2. The first-order valence-corrected chi connectivity index (χ1v) is 8.06. The number of rotatable bonds is 5. The number of methoxy groups -OCH3 is 1. The predicted molar refractivity (Wildman–Crippen MR) is 90.0 cm³/mol. The summed E-state index contributed by atoms with van der Waals surface area (Å²) in [5.74, 6) is 0.543. The normalized spacial score (nSPS) is 19.7. The molecule has 0 bridgehead atoms. The van der Waals surface area contributed by atoms with E-state index in [1.54, 1.807) is 48.4 Å². The fourth-order valence-corrected chi connectivity index (χ4v) is 3.04. The molecule has 0 unspecified atom stereocenters. The summed E-state index contributed by atoms with van der Waals surface area (Å²) in [7, 11) is 1.56. The molecule has 0 saturated carbocycles. The zero-order valence-electron chi connectivity index (χ0n) is 13.9. The van der Waals surface area contributed by atoms with Crippen LogP contribution in [0.15, 0.2) is 48.5 Å². The van der Waals surface area contributed by atoms with Gasteiger partial charge in [-0.3, -0.25) is 4.79 Å². The van der Waals surface area contributed by atoms with E-state index in [9.17, 15) is 14.3 Å². The van der Waals surface area contributed by atoms with Gasteiger partial charge in [-0.25, -0.2) is 4.39 Å². The average Bonchev–Trinajstić information content (AvgIpc) is 3.02. The van der Waals surface area contributed by atoms with Crippen molar-refractivity contribution in [3.8, 4) is 11.5 Å². The Morgan fingerprint density at radius 3 is 2.76 bits per heavy atom. The fourth-order valence-electron chi connectivity index (χ4n) is 3.04. The van der Waals surface area contributed by atoms with Crippen molar-refractivity contribution in [1.82, 2.24) is 4.90 Å². The van der Waals surface area contributed by atoms with Gasteiger partial charge in [-0.1, -0.05) is 18.2 Å². The molecule has 6 heteroatoms. The summed E-state index contributed by atoms with van der Waals surface area (Å²) in [5.41, 5.74) is 0.672. The van der Waals surface area contributed by atoms with Gasteiger partial charge in [0.25, 0.3) is 5.91 Å². The van der Waals surface area contributed by atoms with Crippen molar-refractivity contribution in [3.63, 3.8) is 0 Å². The smallest absolute Gasteiger partial charge is 0.261 e. The molecule has 132 valence electrons. The van der Waals surface area contributed by atoms with E-state index in [1.807, 2.05) is 0 Å². The Bertz CT molecular complexity index is 752. The van der Waals surface area contributed by atoms with Crippen LogP contribution in [-0.4, -0.2) is 42.3 Å². The van der Waals surface area contributed by atoms with Crippen LogP contribution in [0.2, 0.25) is 0 Å². The van der Waals surface area contributed by atoms with Gasteiger partial charge >= 0.3 is 0 Å². The fraction of sp³-hybridized carbons (Fsp3) is 0.316. The van der Waals surface area contributed by atoms with Gasteiger partial charge in [0.15, 0.2) is 6.61 Å². The topological polar surface area (TPSA) is 59.0 Å². The first-order chi connectivity index (χ1) is 12.1. The van der Waals surface area contributed by atoms with Crippen molar-refractivity contribution < 1.29 is 23.8 Å². The quantitative estimate of drug-likeness (QED) is 0.905. The molecule has 25 heavy (non-hydrogen) atoms. The summed E-state index contributed by atoms with van der Waals surface area (Å²) in [4.78, 5) is 14.1. The van der Waals surface area contributed by atoms with Crippen molar-refractivity contribution in [2.45, 2.75) is 18.6 Å². The number of hydrogen-bond donors (Lipinski definition) is 1. The van der Waals surface area contributed by atoms with Gasteiger partial charge in [-0.05, 0) is 36.2 Å². The third-order valence-corrected chi connectivity index (χ3v) is 4.24. The van der Waals surface area contributed by atoms with Crippen LogP contribution < -0.4 is 9.47 Å². The van der Waals surface area contributed by atoms with Gasteiger partial charge in [0.05, 0.1) is 19.3 Å². The minimum atomic E-state index is -0.631. The molecule has 1 saturated heterocycles. The number of hydrogen-bond acceptors (Lipinski definition) is 4. The maximum absolute atomic E-state index is 13.5. The van der Waals surface area contributed by atoms with Gasteiger partial charge in [0.1, 0.15) is 17.3 Å². The van der Waals surface area contributed by atoms with Gasteiger partial charge in [-0.2, -0.15) is 0 Å². The monoisotopic (exact) mass is 345 g/mol. The number of benzene rings is 2. The van der Waals surface area contributed by atoms with E-state index in [2.05, 4.69) is 0 Å². The molecule has 3 rings (SSSR count). The van der Waals surface area contributed by atoms with Gasteiger partial charge in [0, 0.05) is 12.6 Å². The number of β-amino-alcohol motifs (C(OH)–C–C–N with tert-alkyl or cyclic N) is 1. The van der Waals surface area contributed by atoms with E-state index in [4.69, 9.17) is 9.47 Å². The number of carbonyl (C=O) groups excluding carboxylic acids is 1. The van der Waals surface area contributed by atoms with E-state index in [0.717, 1.165) is 0 Å². The van der Waals surface area contributed by atoms with Crippen LogP contribution in [0, 0.1) is 5.82 Å². The minimum Gasteiger partial charge on any atom is -0.497 e. The van der Waals surface area contributed by atoms with E-state index >= 15 is 0 Å². The molecule has 1 aliphatic heterocycles. The van der Waals surface area contributed by atoms with Crippen molar-refractivity contribution in [3.05, 3.63) is 59.9 Å². The molecule has 0 radical (unpaired) electrons. The Hall–Kier alpha value is -2.60. The van der Waals surface area contributed by atoms with Crippen LogP contribution in [0.3, 0.4) is 0 Å². The molecule has 2 aromatic carbocycles. The Kier molecular flexibility index (Phi) is 5.19. The lowest BCUT2D eigenvalue weighted by Crippen LogP contribution is -2.35. The van der Waals surface area contributed by atoms with Crippen molar-refractivity contribution in [2.24, 2.45) is 0 Å². The Morgan fingerprint density at radius 2 is 2.00 bits per heavy atom.